The highest BCUT2D eigenvalue weighted by atomic mass is 16.5. The van der Waals surface area contributed by atoms with E-state index >= 15 is 0 Å². The highest BCUT2D eigenvalue weighted by Gasteiger charge is 2.06. The Morgan fingerprint density at radius 3 is 1.40 bits per heavy atom. The Balaban J connectivity index is 1.93. The number of benzene rings is 1. The Hall–Kier alpha value is -3.74. The Morgan fingerprint density at radius 1 is 0.457 bits per heavy atom. The molecule has 0 saturated heterocycles. The van der Waals surface area contributed by atoms with Crippen LogP contribution in [0, 0.1) is 0 Å². The number of unbranched alkanes of at least 4 members (excludes halogenated alkanes) is 7. The molecule has 0 bridgehead atoms. The van der Waals surface area contributed by atoms with Gasteiger partial charge in [-0.05, 0) is 30.5 Å². The Labute approximate surface area is 208 Å². The lowest BCUT2D eigenvalue weighted by molar-refractivity contribution is 0.303. The van der Waals surface area contributed by atoms with Crippen molar-refractivity contribution in [1.29, 1.82) is 0 Å². The first-order valence-corrected chi connectivity index (χ1v) is 12.0. The van der Waals surface area contributed by atoms with Crippen molar-refractivity contribution in [1.82, 2.24) is 0 Å². The molecule has 1 heterocycles. The molecule has 1 aliphatic rings. The highest BCUT2D eigenvalue weighted by Crippen LogP contribution is 2.30. The quantitative estimate of drug-likeness (QED) is 0.328. The third-order valence-electron chi connectivity index (χ3n) is 4.84. The van der Waals surface area contributed by atoms with Gasteiger partial charge in [-0.3, -0.25) is 0 Å². The average Bonchev–Trinajstić information content (AvgIpc) is 2.87. The summed E-state index contributed by atoms with van der Waals surface area (Å²) in [5, 5.41) is 0. The maximum atomic E-state index is 5.75. The molecule has 7 nitrogen and oxygen atoms in total. The van der Waals surface area contributed by atoms with E-state index in [1.54, 1.807) is 0 Å². The van der Waals surface area contributed by atoms with Crippen molar-refractivity contribution in [2.24, 2.45) is 0 Å². The molecule has 190 valence electrons. The molecule has 0 atom stereocenters. The second-order valence-electron chi connectivity index (χ2n) is 7.56. The van der Waals surface area contributed by atoms with Crippen LogP contribution in [0.25, 0.3) is 0 Å². The summed E-state index contributed by atoms with van der Waals surface area (Å²) in [5.41, 5.74) is 1.19. The SMILES string of the molecule is CCCCCCCCCCc1ccc2c(c1)O/C=C\O/C=C\O/C=C\O/C=C\O/C=C\O/C=C\O2. The topological polar surface area (TPSA) is 64.6 Å². The Kier molecular flexibility index (Phi) is 15.5. The van der Waals surface area contributed by atoms with Crippen molar-refractivity contribution in [3.8, 4) is 11.5 Å². The fraction of sp³-hybridized carbons (Fsp3) is 0.357. The lowest BCUT2D eigenvalue weighted by atomic mass is 10.0. The van der Waals surface area contributed by atoms with Gasteiger partial charge in [-0.15, -0.1) is 0 Å². The molecule has 1 aromatic carbocycles. The first kappa shape index (κ1) is 27.5. The number of hydrogen-bond donors (Lipinski definition) is 0. The summed E-state index contributed by atoms with van der Waals surface area (Å²) in [6, 6.07) is 5.91. The van der Waals surface area contributed by atoms with Crippen LogP contribution >= 0.6 is 0 Å². The van der Waals surface area contributed by atoms with Gasteiger partial charge in [0.2, 0.25) is 0 Å². The van der Waals surface area contributed by atoms with Gasteiger partial charge in [0.25, 0.3) is 0 Å². The van der Waals surface area contributed by atoms with Gasteiger partial charge in [0.05, 0.1) is 0 Å². The van der Waals surface area contributed by atoms with E-state index < -0.39 is 0 Å². The number of hydrogen-bond acceptors (Lipinski definition) is 7. The van der Waals surface area contributed by atoms with Gasteiger partial charge in [0, 0.05) is 0 Å². The lowest BCUT2D eigenvalue weighted by Gasteiger charge is -2.10. The van der Waals surface area contributed by atoms with Gasteiger partial charge in [-0.25, -0.2) is 0 Å². The molecule has 0 aromatic heterocycles. The van der Waals surface area contributed by atoms with Crippen LogP contribution in [0.2, 0.25) is 0 Å². The van der Waals surface area contributed by atoms with E-state index in [9.17, 15) is 0 Å². The van der Waals surface area contributed by atoms with Gasteiger partial charge in [0.15, 0.2) is 11.5 Å². The number of fused-ring (bicyclic) bond motifs is 1. The van der Waals surface area contributed by atoms with Gasteiger partial charge in [0.1, 0.15) is 75.1 Å². The molecule has 7 heteroatoms. The maximum absolute atomic E-state index is 5.75. The van der Waals surface area contributed by atoms with E-state index in [0.29, 0.717) is 11.5 Å². The summed E-state index contributed by atoms with van der Waals surface area (Å²) in [6.07, 6.45) is 27.6. The summed E-state index contributed by atoms with van der Waals surface area (Å²) in [6.45, 7) is 2.25. The molecule has 0 fully saturated rings. The number of aryl methyl sites for hydroxylation is 1. The third kappa shape index (κ3) is 14.2. The van der Waals surface area contributed by atoms with Crippen LogP contribution in [-0.4, -0.2) is 0 Å². The van der Waals surface area contributed by atoms with E-state index in [1.165, 1.54) is 126 Å². The molecule has 2 rings (SSSR count). The number of ether oxygens (including phenoxy) is 7. The first-order chi connectivity index (χ1) is 17.4. The van der Waals surface area contributed by atoms with Crippen molar-refractivity contribution in [2.45, 2.75) is 64.7 Å². The zero-order valence-electron chi connectivity index (χ0n) is 20.4. The minimum absolute atomic E-state index is 0.546. The molecule has 0 amide bonds. The van der Waals surface area contributed by atoms with Crippen molar-refractivity contribution in [2.75, 3.05) is 0 Å². The van der Waals surface area contributed by atoms with Gasteiger partial charge in [-0.1, -0.05) is 57.9 Å². The molecule has 1 aromatic rings. The standard InChI is InChI=1S/C28H36O7/c1-2-3-4-5-6-7-8-9-10-26-11-12-27-28(25-26)35-24-22-33-20-18-31-16-14-29-13-15-30-17-19-32-21-23-34-27/h11-25H,2-10H2,1H3/b15-13-,16-14-,19-17-,20-18-,23-21-,24-22-. The van der Waals surface area contributed by atoms with Crippen LogP contribution in [0.4, 0.5) is 0 Å². The minimum Gasteiger partial charge on any atom is -0.466 e. The van der Waals surface area contributed by atoms with Gasteiger partial charge >= 0.3 is 0 Å². The minimum atomic E-state index is 0.546. The second kappa shape index (κ2) is 19.7. The van der Waals surface area contributed by atoms with E-state index in [4.69, 9.17) is 33.2 Å². The van der Waals surface area contributed by atoms with Gasteiger partial charge in [-0.2, -0.15) is 0 Å². The predicted octanol–water partition coefficient (Wildman–Crippen LogP) is 8.05. The monoisotopic (exact) mass is 484 g/mol. The summed E-state index contributed by atoms with van der Waals surface area (Å²) in [4.78, 5) is 0. The molecule has 0 spiro atoms. The van der Waals surface area contributed by atoms with E-state index in [0.717, 1.165) is 12.8 Å². The highest BCUT2D eigenvalue weighted by molar-refractivity contribution is 5.44. The van der Waals surface area contributed by atoms with Crippen LogP contribution in [0.3, 0.4) is 0 Å². The summed E-state index contributed by atoms with van der Waals surface area (Å²) < 4.78 is 36.9. The molecule has 0 radical (unpaired) electrons. The fourth-order valence-electron chi connectivity index (χ4n) is 3.11. The van der Waals surface area contributed by atoms with Crippen LogP contribution < -0.4 is 9.47 Å². The van der Waals surface area contributed by atoms with Crippen LogP contribution in [0.15, 0.2) is 93.3 Å². The first-order valence-electron chi connectivity index (χ1n) is 12.0. The van der Waals surface area contributed by atoms with Crippen molar-refractivity contribution >= 4 is 0 Å². The van der Waals surface area contributed by atoms with E-state index in [1.807, 2.05) is 12.1 Å². The average molecular weight is 485 g/mol. The van der Waals surface area contributed by atoms with E-state index in [-0.39, 0.29) is 0 Å². The summed E-state index contributed by atoms with van der Waals surface area (Å²) in [7, 11) is 0. The zero-order chi connectivity index (χ0) is 24.7. The number of rotatable bonds is 9. The van der Waals surface area contributed by atoms with Crippen molar-refractivity contribution in [3.63, 3.8) is 0 Å². The zero-order valence-corrected chi connectivity index (χ0v) is 20.4. The molecular weight excluding hydrogens is 448 g/mol. The summed E-state index contributed by atoms with van der Waals surface area (Å²) >= 11 is 0. The fourth-order valence-corrected chi connectivity index (χ4v) is 3.11. The second-order valence-corrected chi connectivity index (χ2v) is 7.56. The van der Waals surface area contributed by atoms with E-state index in [2.05, 4.69) is 13.0 Å². The molecule has 0 unspecified atom stereocenters. The summed E-state index contributed by atoms with van der Waals surface area (Å²) in [5.74, 6) is 1.12. The van der Waals surface area contributed by atoms with Crippen molar-refractivity contribution in [3.05, 3.63) is 98.9 Å². The lowest BCUT2D eigenvalue weighted by Crippen LogP contribution is -1.93. The molecule has 0 saturated carbocycles. The normalized spacial score (nSPS) is 19.6. The molecule has 0 N–H and O–H groups in total. The molecule has 0 aliphatic carbocycles. The smallest absolute Gasteiger partial charge is 0.169 e. The van der Waals surface area contributed by atoms with Crippen LogP contribution in [0.1, 0.15) is 63.9 Å². The molecule has 35 heavy (non-hydrogen) atoms. The largest absolute Gasteiger partial charge is 0.466 e. The van der Waals surface area contributed by atoms with Crippen molar-refractivity contribution < 1.29 is 33.2 Å². The van der Waals surface area contributed by atoms with Crippen LogP contribution in [-0.2, 0) is 30.1 Å². The Bertz CT molecular complexity index is 853. The maximum Gasteiger partial charge on any atom is 0.169 e. The van der Waals surface area contributed by atoms with Gasteiger partial charge < -0.3 is 33.2 Å². The third-order valence-corrected chi connectivity index (χ3v) is 4.84. The Morgan fingerprint density at radius 2 is 0.886 bits per heavy atom. The molecular formula is C28H36O7. The molecule has 1 aliphatic heterocycles. The predicted molar refractivity (Wildman–Crippen MR) is 134 cm³/mol. The van der Waals surface area contributed by atoms with Crippen LogP contribution in [0.5, 0.6) is 11.5 Å².